The molecule has 1 unspecified atom stereocenters. The molecule has 1 aromatic rings. The van der Waals surface area contributed by atoms with Crippen molar-refractivity contribution in [2.45, 2.75) is 38.3 Å². The number of hydrogen-bond acceptors (Lipinski definition) is 3. The molecular weight excluding hydrogens is 288 g/mol. The molecule has 5 nitrogen and oxygen atoms in total. The van der Waals surface area contributed by atoms with Crippen LogP contribution in [0.15, 0.2) is 18.2 Å². The van der Waals surface area contributed by atoms with Gasteiger partial charge in [0.05, 0.1) is 11.5 Å². The number of benzene rings is 1. The SMILES string of the molecule is O=C(NCc1ccc2c(c1)CCC2)NC1CCS(=O)(=O)C1. The second-order valence-electron chi connectivity index (χ2n) is 5.88. The van der Waals surface area contributed by atoms with Gasteiger partial charge in [0.2, 0.25) is 0 Å². The highest BCUT2D eigenvalue weighted by Crippen LogP contribution is 2.22. The Morgan fingerprint density at radius 3 is 2.81 bits per heavy atom. The van der Waals surface area contributed by atoms with Crippen molar-refractivity contribution in [3.63, 3.8) is 0 Å². The highest BCUT2D eigenvalue weighted by molar-refractivity contribution is 7.91. The minimum atomic E-state index is -2.96. The second kappa shape index (κ2) is 5.67. The van der Waals surface area contributed by atoms with Crippen LogP contribution in [0.5, 0.6) is 0 Å². The molecule has 1 saturated heterocycles. The molecule has 6 heteroatoms. The Bertz CT molecular complexity index is 655. The summed E-state index contributed by atoms with van der Waals surface area (Å²) in [7, 11) is -2.96. The van der Waals surface area contributed by atoms with Crippen molar-refractivity contribution >= 4 is 15.9 Å². The molecule has 1 heterocycles. The largest absolute Gasteiger partial charge is 0.334 e. The second-order valence-corrected chi connectivity index (χ2v) is 8.11. The molecule has 0 bridgehead atoms. The standard InChI is InChI=1S/C15H20N2O3S/c18-15(17-14-6-7-21(19,20)10-14)16-9-11-4-5-12-2-1-3-13(12)8-11/h4-5,8,14H,1-3,6-7,9-10H2,(H2,16,17,18). The van der Waals surface area contributed by atoms with Crippen molar-refractivity contribution in [3.8, 4) is 0 Å². The van der Waals surface area contributed by atoms with Crippen molar-refractivity contribution in [2.75, 3.05) is 11.5 Å². The highest BCUT2D eigenvalue weighted by Gasteiger charge is 2.28. The van der Waals surface area contributed by atoms with Crippen molar-refractivity contribution in [1.82, 2.24) is 10.6 Å². The summed E-state index contributed by atoms with van der Waals surface area (Å²) in [6.45, 7) is 0.471. The van der Waals surface area contributed by atoms with E-state index in [9.17, 15) is 13.2 Å². The smallest absolute Gasteiger partial charge is 0.315 e. The van der Waals surface area contributed by atoms with E-state index >= 15 is 0 Å². The third-order valence-electron chi connectivity index (χ3n) is 4.18. The number of nitrogens with one attached hydrogen (secondary N) is 2. The molecule has 0 aromatic heterocycles. The Labute approximate surface area is 125 Å². The van der Waals surface area contributed by atoms with Crippen LogP contribution in [0.3, 0.4) is 0 Å². The number of rotatable bonds is 3. The van der Waals surface area contributed by atoms with Gasteiger partial charge in [-0.1, -0.05) is 18.2 Å². The van der Waals surface area contributed by atoms with Crippen LogP contribution in [0.4, 0.5) is 4.79 Å². The van der Waals surface area contributed by atoms with E-state index < -0.39 is 9.84 Å². The van der Waals surface area contributed by atoms with Crippen molar-refractivity contribution in [3.05, 3.63) is 34.9 Å². The molecule has 1 fully saturated rings. The minimum absolute atomic E-state index is 0.0548. The van der Waals surface area contributed by atoms with Crippen LogP contribution >= 0.6 is 0 Å². The Morgan fingerprint density at radius 1 is 1.24 bits per heavy atom. The molecule has 0 saturated carbocycles. The number of hydrogen-bond donors (Lipinski definition) is 2. The van der Waals surface area contributed by atoms with E-state index in [1.165, 1.54) is 17.5 Å². The van der Waals surface area contributed by atoms with E-state index in [2.05, 4.69) is 22.8 Å². The summed E-state index contributed by atoms with van der Waals surface area (Å²) in [5, 5.41) is 5.53. The van der Waals surface area contributed by atoms with E-state index in [-0.39, 0.29) is 23.6 Å². The fourth-order valence-electron chi connectivity index (χ4n) is 3.06. The summed E-state index contributed by atoms with van der Waals surface area (Å²) in [5.41, 5.74) is 3.89. The first kappa shape index (κ1) is 14.4. The van der Waals surface area contributed by atoms with Gasteiger partial charge in [-0.3, -0.25) is 0 Å². The van der Waals surface area contributed by atoms with Gasteiger partial charge in [0.25, 0.3) is 0 Å². The third kappa shape index (κ3) is 3.56. The van der Waals surface area contributed by atoms with Crippen LogP contribution in [0.1, 0.15) is 29.5 Å². The maximum Gasteiger partial charge on any atom is 0.315 e. The lowest BCUT2D eigenvalue weighted by Gasteiger charge is -2.12. The number of fused-ring (bicyclic) bond motifs is 1. The van der Waals surface area contributed by atoms with Crippen LogP contribution in [-0.4, -0.2) is 32.0 Å². The lowest BCUT2D eigenvalue weighted by atomic mass is 10.1. The van der Waals surface area contributed by atoms with Crippen molar-refractivity contribution in [2.24, 2.45) is 0 Å². The molecule has 21 heavy (non-hydrogen) atoms. The number of sulfone groups is 1. The maximum atomic E-state index is 11.8. The highest BCUT2D eigenvalue weighted by atomic mass is 32.2. The van der Waals surface area contributed by atoms with Gasteiger partial charge in [0.15, 0.2) is 9.84 Å². The topological polar surface area (TPSA) is 75.3 Å². The summed E-state index contributed by atoms with van der Waals surface area (Å²) in [5.74, 6) is 0.224. The van der Waals surface area contributed by atoms with E-state index in [0.717, 1.165) is 18.4 Å². The number of urea groups is 1. The molecule has 1 aliphatic heterocycles. The Kier molecular flexibility index (Phi) is 3.89. The van der Waals surface area contributed by atoms with Gasteiger partial charge in [0, 0.05) is 12.6 Å². The number of aryl methyl sites for hydroxylation is 2. The Balaban J connectivity index is 1.50. The molecule has 114 valence electrons. The monoisotopic (exact) mass is 308 g/mol. The molecule has 0 spiro atoms. The number of carbonyl (C=O) groups excluding carboxylic acids is 1. The lowest BCUT2D eigenvalue weighted by molar-refractivity contribution is 0.237. The summed E-state index contributed by atoms with van der Waals surface area (Å²) < 4.78 is 22.7. The fraction of sp³-hybridized carbons (Fsp3) is 0.533. The first-order chi connectivity index (χ1) is 10.0. The van der Waals surface area contributed by atoms with E-state index in [4.69, 9.17) is 0 Å². The quantitative estimate of drug-likeness (QED) is 0.880. The molecule has 3 rings (SSSR count). The average Bonchev–Trinajstić information content (AvgIpc) is 3.02. The summed E-state index contributed by atoms with van der Waals surface area (Å²) in [6.07, 6.45) is 3.99. The van der Waals surface area contributed by atoms with Crippen LogP contribution in [0.2, 0.25) is 0 Å². The summed E-state index contributed by atoms with van der Waals surface area (Å²) >= 11 is 0. The normalized spacial score (nSPS) is 22.8. The lowest BCUT2D eigenvalue weighted by Crippen LogP contribution is -2.42. The van der Waals surface area contributed by atoms with Gasteiger partial charge in [-0.15, -0.1) is 0 Å². The van der Waals surface area contributed by atoms with E-state index in [1.54, 1.807) is 0 Å². The predicted octanol–water partition coefficient (Wildman–Crippen LogP) is 1.16. The average molecular weight is 308 g/mol. The van der Waals surface area contributed by atoms with E-state index in [1.807, 2.05) is 6.07 Å². The van der Waals surface area contributed by atoms with Gasteiger partial charge >= 0.3 is 6.03 Å². The zero-order valence-corrected chi connectivity index (χ0v) is 12.7. The Morgan fingerprint density at radius 2 is 2.05 bits per heavy atom. The molecule has 2 aliphatic rings. The van der Waals surface area contributed by atoms with Gasteiger partial charge in [-0.25, -0.2) is 13.2 Å². The molecule has 1 aromatic carbocycles. The summed E-state index contributed by atoms with van der Waals surface area (Å²) in [6, 6.07) is 5.79. The number of carbonyl (C=O) groups is 1. The van der Waals surface area contributed by atoms with Crippen LogP contribution in [0.25, 0.3) is 0 Å². The first-order valence-electron chi connectivity index (χ1n) is 7.37. The van der Waals surface area contributed by atoms with Crippen molar-refractivity contribution in [1.29, 1.82) is 0 Å². The minimum Gasteiger partial charge on any atom is -0.334 e. The zero-order chi connectivity index (χ0) is 14.9. The first-order valence-corrected chi connectivity index (χ1v) is 9.19. The molecular formula is C15H20N2O3S. The zero-order valence-electron chi connectivity index (χ0n) is 11.9. The molecule has 1 aliphatic carbocycles. The summed E-state index contributed by atoms with van der Waals surface area (Å²) in [4.78, 5) is 11.8. The molecule has 0 radical (unpaired) electrons. The number of amides is 2. The van der Waals surface area contributed by atoms with Crippen LogP contribution in [0, 0.1) is 0 Å². The van der Waals surface area contributed by atoms with Crippen molar-refractivity contribution < 1.29 is 13.2 Å². The molecule has 2 amide bonds. The van der Waals surface area contributed by atoms with Gasteiger partial charge < -0.3 is 10.6 Å². The van der Waals surface area contributed by atoms with Gasteiger partial charge in [-0.05, 0) is 42.4 Å². The fourth-order valence-corrected chi connectivity index (χ4v) is 4.74. The van der Waals surface area contributed by atoms with Crippen LogP contribution in [-0.2, 0) is 29.2 Å². The van der Waals surface area contributed by atoms with Gasteiger partial charge in [-0.2, -0.15) is 0 Å². The van der Waals surface area contributed by atoms with E-state index in [0.29, 0.717) is 13.0 Å². The Hall–Kier alpha value is -1.56. The third-order valence-corrected chi connectivity index (χ3v) is 5.95. The molecule has 1 atom stereocenters. The predicted molar refractivity (Wildman–Crippen MR) is 80.9 cm³/mol. The van der Waals surface area contributed by atoms with Gasteiger partial charge in [0.1, 0.15) is 0 Å². The maximum absolute atomic E-state index is 11.8. The van der Waals surface area contributed by atoms with Crippen LogP contribution < -0.4 is 10.6 Å². The molecule has 2 N–H and O–H groups in total.